The van der Waals surface area contributed by atoms with Crippen LogP contribution in [0.5, 0.6) is 5.75 Å². The lowest BCUT2D eigenvalue weighted by Gasteiger charge is -2.36. The van der Waals surface area contributed by atoms with E-state index in [-0.39, 0.29) is 22.4 Å². The third kappa shape index (κ3) is 7.05. The van der Waals surface area contributed by atoms with Gasteiger partial charge in [0.25, 0.3) is 6.43 Å². The fourth-order valence-electron chi connectivity index (χ4n) is 4.82. The SMILES string of the molecule is COc1ccc(CNc2ccc(C(F)F)c(-c3cc4ncnc(N5CCN(C(=O)OC(C)(C)C)CC5)c4cc3Cl)n2)cc1. The predicted molar refractivity (Wildman–Crippen MR) is 163 cm³/mol. The number of anilines is 2. The normalized spacial score (nSPS) is 13.9. The minimum absolute atomic E-state index is 0.0766. The quantitative estimate of drug-likeness (QED) is 0.240. The number of ether oxygens (including phenoxy) is 2. The van der Waals surface area contributed by atoms with Crippen molar-refractivity contribution in [3.05, 3.63) is 71.0 Å². The molecule has 0 saturated carbocycles. The summed E-state index contributed by atoms with van der Waals surface area (Å²) in [6, 6.07) is 13.8. The van der Waals surface area contributed by atoms with Gasteiger partial charge in [-0.05, 0) is 62.7 Å². The molecule has 0 spiro atoms. The molecule has 1 aliphatic heterocycles. The van der Waals surface area contributed by atoms with E-state index in [0.717, 1.165) is 11.3 Å². The molecule has 43 heavy (non-hydrogen) atoms. The molecule has 1 amide bonds. The average Bonchev–Trinajstić information content (AvgIpc) is 2.98. The largest absolute Gasteiger partial charge is 0.497 e. The molecule has 2 aromatic carbocycles. The third-order valence-corrected chi connectivity index (χ3v) is 7.30. The molecule has 1 fully saturated rings. The van der Waals surface area contributed by atoms with Gasteiger partial charge < -0.3 is 24.6 Å². The molecule has 0 radical (unpaired) electrons. The molecule has 9 nitrogen and oxygen atoms in total. The number of aromatic nitrogens is 3. The van der Waals surface area contributed by atoms with E-state index in [4.69, 9.17) is 21.1 Å². The number of hydrogen-bond acceptors (Lipinski definition) is 8. The molecule has 12 heteroatoms. The molecule has 0 atom stereocenters. The van der Waals surface area contributed by atoms with Crippen molar-refractivity contribution in [2.75, 3.05) is 43.5 Å². The topological polar surface area (TPSA) is 92.7 Å². The smallest absolute Gasteiger partial charge is 0.410 e. The van der Waals surface area contributed by atoms with E-state index < -0.39 is 12.0 Å². The number of halogens is 3. The Hall–Kier alpha value is -4.25. The van der Waals surface area contributed by atoms with Crippen molar-refractivity contribution < 1.29 is 23.0 Å². The van der Waals surface area contributed by atoms with Gasteiger partial charge >= 0.3 is 6.09 Å². The second-order valence-electron chi connectivity index (χ2n) is 11.1. The third-order valence-electron chi connectivity index (χ3n) is 6.98. The van der Waals surface area contributed by atoms with Gasteiger partial charge in [0.1, 0.15) is 29.3 Å². The summed E-state index contributed by atoms with van der Waals surface area (Å²) in [5.41, 5.74) is 1.13. The minimum atomic E-state index is -2.76. The maximum Gasteiger partial charge on any atom is 0.410 e. The van der Waals surface area contributed by atoms with Crippen LogP contribution in [0.1, 0.15) is 38.3 Å². The number of rotatable bonds is 7. The van der Waals surface area contributed by atoms with Gasteiger partial charge in [0.05, 0.1) is 23.3 Å². The van der Waals surface area contributed by atoms with E-state index in [1.165, 1.54) is 18.5 Å². The second kappa shape index (κ2) is 12.5. The van der Waals surface area contributed by atoms with E-state index in [2.05, 4.69) is 20.3 Å². The van der Waals surface area contributed by atoms with Crippen molar-refractivity contribution in [2.24, 2.45) is 0 Å². The van der Waals surface area contributed by atoms with Gasteiger partial charge in [-0.3, -0.25) is 0 Å². The summed E-state index contributed by atoms with van der Waals surface area (Å²) in [6.45, 7) is 7.93. The number of hydrogen-bond donors (Lipinski definition) is 1. The first kappa shape index (κ1) is 30.2. The number of piperazine rings is 1. The first-order valence-electron chi connectivity index (χ1n) is 13.9. The second-order valence-corrected chi connectivity index (χ2v) is 11.5. The number of carbonyl (C=O) groups is 1. The summed E-state index contributed by atoms with van der Waals surface area (Å²) in [6.07, 6.45) is -1.67. The highest BCUT2D eigenvalue weighted by Crippen LogP contribution is 2.38. The molecule has 1 N–H and O–H groups in total. The van der Waals surface area contributed by atoms with Gasteiger partial charge in [-0.2, -0.15) is 0 Å². The van der Waals surface area contributed by atoms with Crippen LogP contribution < -0.4 is 15.0 Å². The zero-order valence-electron chi connectivity index (χ0n) is 24.4. The lowest BCUT2D eigenvalue weighted by atomic mass is 10.0. The Balaban J connectivity index is 1.40. The van der Waals surface area contributed by atoms with Crippen LogP contribution in [0.15, 0.2) is 54.9 Å². The van der Waals surface area contributed by atoms with Crippen LogP contribution in [0.4, 0.5) is 25.2 Å². The molecular weight excluding hydrogens is 578 g/mol. The highest BCUT2D eigenvalue weighted by Gasteiger charge is 2.27. The number of nitrogens with zero attached hydrogens (tertiary/aromatic N) is 5. The van der Waals surface area contributed by atoms with Gasteiger partial charge in [0.15, 0.2) is 0 Å². The highest BCUT2D eigenvalue weighted by atomic mass is 35.5. The van der Waals surface area contributed by atoms with Gasteiger partial charge in [-0.25, -0.2) is 28.5 Å². The molecule has 226 valence electrons. The Morgan fingerprint density at radius 1 is 1.05 bits per heavy atom. The van der Waals surface area contributed by atoms with Crippen molar-refractivity contribution in [2.45, 2.75) is 39.3 Å². The first-order valence-corrected chi connectivity index (χ1v) is 14.2. The Morgan fingerprint density at radius 3 is 2.42 bits per heavy atom. The number of fused-ring (bicyclic) bond motifs is 1. The van der Waals surface area contributed by atoms with Gasteiger partial charge in [-0.15, -0.1) is 0 Å². The van der Waals surface area contributed by atoms with Crippen LogP contribution in [0.3, 0.4) is 0 Å². The Bertz CT molecular complexity index is 1610. The van der Waals surface area contributed by atoms with Crippen molar-refractivity contribution in [3.8, 4) is 17.0 Å². The van der Waals surface area contributed by atoms with E-state index in [0.29, 0.717) is 60.8 Å². The summed E-state index contributed by atoms with van der Waals surface area (Å²) in [7, 11) is 1.60. The highest BCUT2D eigenvalue weighted by molar-refractivity contribution is 6.34. The Kier molecular flexibility index (Phi) is 8.82. The number of alkyl halides is 2. The van der Waals surface area contributed by atoms with Crippen LogP contribution in [-0.2, 0) is 11.3 Å². The molecule has 1 aliphatic rings. The summed E-state index contributed by atoms with van der Waals surface area (Å²) in [5.74, 6) is 1.82. The minimum Gasteiger partial charge on any atom is -0.497 e. The predicted octanol–water partition coefficient (Wildman–Crippen LogP) is 6.96. The zero-order valence-corrected chi connectivity index (χ0v) is 25.2. The van der Waals surface area contributed by atoms with Crippen LogP contribution in [0.25, 0.3) is 22.2 Å². The number of methoxy groups -OCH3 is 1. The Labute approximate surface area is 253 Å². The summed E-state index contributed by atoms with van der Waals surface area (Å²) in [5, 5.41) is 4.12. The number of carbonyl (C=O) groups excluding carboxylic acids is 1. The van der Waals surface area contributed by atoms with Gasteiger partial charge in [-0.1, -0.05) is 23.7 Å². The molecule has 0 bridgehead atoms. The van der Waals surface area contributed by atoms with Gasteiger partial charge in [0.2, 0.25) is 0 Å². The molecule has 0 aliphatic carbocycles. The van der Waals surface area contributed by atoms with Crippen molar-refractivity contribution >= 4 is 40.2 Å². The van der Waals surface area contributed by atoms with Gasteiger partial charge in [0, 0.05) is 49.2 Å². The number of benzene rings is 2. The fourth-order valence-corrected chi connectivity index (χ4v) is 5.07. The van der Waals surface area contributed by atoms with Crippen LogP contribution >= 0.6 is 11.6 Å². The lowest BCUT2D eigenvalue weighted by molar-refractivity contribution is 0.0240. The van der Waals surface area contributed by atoms with E-state index in [1.54, 1.807) is 24.1 Å². The standard InChI is InChI=1S/C31H33ClF2N6O3/c1-31(2,3)43-30(41)40-13-11-39(12-14-40)29-23-15-24(32)22(16-25(23)36-18-37-29)27-21(28(33)34)9-10-26(38-27)35-17-19-5-7-20(42-4)8-6-19/h5-10,15-16,18,28H,11-14,17H2,1-4H3,(H,35,38). The maximum absolute atomic E-state index is 14.1. The summed E-state index contributed by atoms with van der Waals surface area (Å²) in [4.78, 5) is 29.7. The van der Waals surface area contributed by atoms with Crippen molar-refractivity contribution in [1.82, 2.24) is 19.9 Å². The molecule has 2 aromatic heterocycles. The average molecular weight is 611 g/mol. The van der Waals surface area contributed by atoms with Crippen molar-refractivity contribution in [3.63, 3.8) is 0 Å². The number of pyridine rings is 1. The van der Waals surface area contributed by atoms with E-state index in [1.807, 2.05) is 49.9 Å². The summed E-state index contributed by atoms with van der Waals surface area (Å²) < 4.78 is 38.9. The molecule has 3 heterocycles. The van der Waals surface area contributed by atoms with E-state index in [9.17, 15) is 13.6 Å². The number of nitrogens with one attached hydrogen (secondary N) is 1. The van der Waals surface area contributed by atoms with Crippen LogP contribution in [-0.4, -0.2) is 64.8 Å². The molecular formula is C31H33ClF2N6O3. The zero-order chi connectivity index (χ0) is 30.7. The molecule has 4 aromatic rings. The lowest BCUT2D eigenvalue weighted by Crippen LogP contribution is -2.50. The van der Waals surface area contributed by atoms with Crippen molar-refractivity contribution in [1.29, 1.82) is 0 Å². The van der Waals surface area contributed by atoms with E-state index >= 15 is 0 Å². The number of amides is 1. The first-order chi connectivity index (χ1) is 20.5. The molecule has 0 unspecified atom stereocenters. The molecule has 1 saturated heterocycles. The summed E-state index contributed by atoms with van der Waals surface area (Å²) >= 11 is 6.74. The molecule has 5 rings (SSSR count). The maximum atomic E-state index is 14.1. The monoisotopic (exact) mass is 610 g/mol. The Morgan fingerprint density at radius 2 is 1.77 bits per heavy atom. The van der Waals surface area contributed by atoms with Crippen LogP contribution in [0, 0.1) is 0 Å². The fraction of sp³-hybridized carbons (Fsp3) is 0.355. The van der Waals surface area contributed by atoms with Crippen LogP contribution in [0.2, 0.25) is 5.02 Å².